The fraction of sp³-hybridized carbons (Fsp3) is 0.533. The molecular formula is C15H22N2O2S. The van der Waals surface area contributed by atoms with E-state index in [0.717, 1.165) is 30.2 Å². The van der Waals surface area contributed by atoms with Crippen molar-refractivity contribution >= 4 is 17.7 Å². The zero-order valence-corrected chi connectivity index (χ0v) is 12.6. The molecule has 110 valence electrons. The van der Waals surface area contributed by atoms with Crippen LogP contribution in [-0.4, -0.2) is 53.2 Å². The molecule has 1 aromatic carbocycles. The predicted molar refractivity (Wildman–Crippen MR) is 82.8 cm³/mol. The Bertz CT molecular complexity index is 421. The first-order chi connectivity index (χ1) is 9.72. The Balaban J connectivity index is 1.94. The van der Waals surface area contributed by atoms with Gasteiger partial charge in [0.15, 0.2) is 0 Å². The van der Waals surface area contributed by atoms with Crippen LogP contribution < -0.4 is 5.32 Å². The topological polar surface area (TPSA) is 52.6 Å². The highest BCUT2D eigenvalue weighted by Gasteiger charge is 2.24. The molecule has 4 nitrogen and oxygen atoms in total. The monoisotopic (exact) mass is 294 g/mol. The highest BCUT2D eigenvalue weighted by molar-refractivity contribution is 7.99. The summed E-state index contributed by atoms with van der Waals surface area (Å²) >= 11 is 1.93. The van der Waals surface area contributed by atoms with Crippen LogP contribution in [0.5, 0.6) is 0 Å². The fourth-order valence-corrected chi connectivity index (χ4v) is 3.27. The number of thioether (sulfide) groups is 1. The largest absolute Gasteiger partial charge is 0.394 e. The minimum atomic E-state index is -0.328. The number of rotatable bonds is 5. The lowest BCUT2D eigenvalue weighted by Gasteiger charge is -2.32. The van der Waals surface area contributed by atoms with Crippen LogP contribution in [0.1, 0.15) is 18.5 Å². The Morgan fingerprint density at radius 1 is 1.35 bits per heavy atom. The van der Waals surface area contributed by atoms with Crippen molar-refractivity contribution in [3.63, 3.8) is 0 Å². The Morgan fingerprint density at radius 2 is 2.00 bits per heavy atom. The van der Waals surface area contributed by atoms with Gasteiger partial charge in [-0.25, -0.2) is 0 Å². The first-order valence-electron chi connectivity index (χ1n) is 7.00. The fourth-order valence-electron chi connectivity index (χ4n) is 2.34. The lowest BCUT2D eigenvalue weighted by molar-refractivity contribution is -0.126. The van der Waals surface area contributed by atoms with Crippen molar-refractivity contribution in [2.45, 2.75) is 19.0 Å². The molecule has 0 aliphatic carbocycles. The molecule has 20 heavy (non-hydrogen) atoms. The van der Waals surface area contributed by atoms with E-state index in [1.54, 1.807) is 0 Å². The van der Waals surface area contributed by atoms with Crippen LogP contribution in [0.25, 0.3) is 0 Å². The average molecular weight is 294 g/mol. The molecule has 2 rings (SSSR count). The number of carbonyl (C=O) groups excluding carboxylic acids is 1. The van der Waals surface area contributed by atoms with Crippen molar-refractivity contribution in [2.24, 2.45) is 0 Å². The molecule has 0 radical (unpaired) electrons. The molecule has 2 atom stereocenters. The zero-order chi connectivity index (χ0) is 14.4. The summed E-state index contributed by atoms with van der Waals surface area (Å²) in [6.07, 6.45) is 0. The third-order valence-corrected chi connectivity index (χ3v) is 4.62. The summed E-state index contributed by atoms with van der Waals surface area (Å²) in [6, 6.07) is 9.12. The second-order valence-corrected chi connectivity index (χ2v) is 6.20. The molecule has 2 N–H and O–H groups in total. The number of aliphatic hydroxyl groups excluding tert-OH is 1. The van der Waals surface area contributed by atoms with E-state index in [1.807, 2.05) is 49.0 Å². The molecule has 0 saturated carbocycles. The molecule has 1 aromatic rings. The number of benzene rings is 1. The van der Waals surface area contributed by atoms with Gasteiger partial charge in [-0.05, 0) is 12.5 Å². The van der Waals surface area contributed by atoms with Crippen molar-refractivity contribution in [3.8, 4) is 0 Å². The van der Waals surface area contributed by atoms with Gasteiger partial charge >= 0.3 is 0 Å². The first kappa shape index (κ1) is 15.4. The van der Waals surface area contributed by atoms with Crippen LogP contribution in [0.3, 0.4) is 0 Å². The van der Waals surface area contributed by atoms with E-state index in [1.165, 1.54) is 0 Å². The summed E-state index contributed by atoms with van der Waals surface area (Å²) in [5, 5.41) is 12.4. The normalized spacial score (nSPS) is 19.3. The third kappa shape index (κ3) is 3.98. The van der Waals surface area contributed by atoms with Crippen LogP contribution >= 0.6 is 11.8 Å². The molecule has 0 bridgehead atoms. The summed E-state index contributed by atoms with van der Waals surface area (Å²) in [7, 11) is 0. The van der Waals surface area contributed by atoms with Gasteiger partial charge in [-0.15, -0.1) is 0 Å². The molecule has 1 heterocycles. The lowest BCUT2D eigenvalue weighted by Crippen LogP contribution is -2.49. The standard InChI is InChI=1S/C15H22N2O2S/c1-12(17-7-9-20-10-8-17)15(19)16-14(11-18)13-5-3-2-4-6-13/h2-6,12,14,18H,7-11H2,1H3,(H,16,19). The Hall–Kier alpha value is -1.04. The van der Waals surface area contributed by atoms with Gasteiger partial charge in [0, 0.05) is 24.6 Å². The van der Waals surface area contributed by atoms with Crippen molar-refractivity contribution in [2.75, 3.05) is 31.2 Å². The minimum absolute atomic E-state index is 0.0141. The number of nitrogens with zero attached hydrogens (tertiary/aromatic N) is 1. The van der Waals surface area contributed by atoms with Gasteiger partial charge in [0.25, 0.3) is 0 Å². The Morgan fingerprint density at radius 3 is 2.60 bits per heavy atom. The van der Waals surface area contributed by atoms with E-state index in [2.05, 4.69) is 10.2 Å². The first-order valence-corrected chi connectivity index (χ1v) is 8.16. The molecular weight excluding hydrogens is 272 g/mol. The molecule has 0 aromatic heterocycles. The number of hydrogen-bond donors (Lipinski definition) is 2. The molecule has 5 heteroatoms. The van der Waals surface area contributed by atoms with Gasteiger partial charge in [0.2, 0.25) is 5.91 Å². The van der Waals surface area contributed by atoms with Gasteiger partial charge in [-0.3, -0.25) is 9.69 Å². The van der Waals surface area contributed by atoms with E-state index < -0.39 is 0 Å². The smallest absolute Gasteiger partial charge is 0.237 e. The highest BCUT2D eigenvalue weighted by atomic mass is 32.2. The third-order valence-electron chi connectivity index (χ3n) is 3.67. The second-order valence-electron chi connectivity index (χ2n) is 4.98. The summed E-state index contributed by atoms with van der Waals surface area (Å²) in [6.45, 7) is 3.76. The minimum Gasteiger partial charge on any atom is -0.394 e. The van der Waals surface area contributed by atoms with Crippen LogP contribution in [-0.2, 0) is 4.79 Å². The van der Waals surface area contributed by atoms with Gasteiger partial charge in [-0.1, -0.05) is 30.3 Å². The Kier molecular flexibility index (Phi) is 5.88. The maximum absolute atomic E-state index is 12.3. The number of hydrogen-bond acceptors (Lipinski definition) is 4. The van der Waals surface area contributed by atoms with Gasteiger partial charge in [-0.2, -0.15) is 11.8 Å². The van der Waals surface area contributed by atoms with Crippen molar-refractivity contribution in [1.29, 1.82) is 0 Å². The molecule has 2 unspecified atom stereocenters. The zero-order valence-electron chi connectivity index (χ0n) is 11.8. The quantitative estimate of drug-likeness (QED) is 0.859. The molecule has 1 aliphatic rings. The van der Waals surface area contributed by atoms with Crippen LogP contribution in [0, 0.1) is 0 Å². The molecule has 0 spiro atoms. The predicted octanol–water partition coefficient (Wildman–Crippen LogP) is 1.27. The maximum atomic E-state index is 12.3. The molecule has 1 aliphatic heterocycles. The maximum Gasteiger partial charge on any atom is 0.237 e. The molecule has 1 fully saturated rings. The highest BCUT2D eigenvalue weighted by Crippen LogP contribution is 2.15. The summed E-state index contributed by atoms with van der Waals surface area (Å²) in [5.41, 5.74) is 0.935. The van der Waals surface area contributed by atoms with Crippen LogP contribution in [0.4, 0.5) is 0 Å². The summed E-state index contributed by atoms with van der Waals surface area (Å²) in [4.78, 5) is 14.5. The van der Waals surface area contributed by atoms with Gasteiger partial charge in [0.1, 0.15) is 0 Å². The van der Waals surface area contributed by atoms with Crippen molar-refractivity contribution in [3.05, 3.63) is 35.9 Å². The van der Waals surface area contributed by atoms with Crippen molar-refractivity contribution in [1.82, 2.24) is 10.2 Å². The van der Waals surface area contributed by atoms with E-state index in [4.69, 9.17) is 0 Å². The number of nitrogens with one attached hydrogen (secondary N) is 1. The van der Waals surface area contributed by atoms with E-state index in [9.17, 15) is 9.90 Å². The van der Waals surface area contributed by atoms with Crippen LogP contribution in [0.2, 0.25) is 0 Å². The SMILES string of the molecule is CC(C(=O)NC(CO)c1ccccc1)N1CCSCC1. The Labute approximate surface area is 124 Å². The van der Waals surface area contributed by atoms with E-state index in [0.29, 0.717) is 0 Å². The van der Waals surface area contributed by atoms with E-state index >= 15 is 0 Å². The summed E-state index contributed by atoms with van der Waals surface area (Å²) in [5.74, 6) is 2.15. The van der Waals surface area contributed by atoms with Crippen molar-refractivity contribution < 1.29 is 9.90 Å². The summed E-state index contributed by atoms with van der Waals surface area (Å²) < 4.78 is 0. The molecule has 1 saturated heterocycles. The van der Waals surface area contributed by atoms with E-state index in [-0.39, 0.29) is 24.6 Å². The van der Waals surface area contributed by atoms with Crippen LogP contribution in [0.15, 0.2) is 30.3 Å². The number of amides is 1. The van der Waals surface area contributed by atoms with Gasteiger partial charge in [0.05, 0.1) is 18.7 Å². The second kappa shape index (κ2) is 7.67. The molecule has 1 amide bonds. The number of aliphatic hydroxyl groups is 1. The lowest BCUT2D eigenvalue weighted by atomic mass is 10.1. The van der Waals surface area contributed by atoms with Gasteiger partial charge < -0.3 is 10.4 Å². The average Bonchev–Trinajstić information content (AvgIpc) is 2.53. The number of carbonyl (C=O) groups is 1.